The number of fused-ring (bicyclic) bond motifs is 1. The molecule has 0 bridgehead atoms. The van der Waals surface area contributed by atoms with E-state index in [0.717, 1.165) is 5.56 Å². The molecule has 0 spiro atoms. The molecule has 1 atom stereocenters. The number of hydrogen-bond acceptors (Lipinski definition) is 5. The summed E-state index contributed by atoms with van der Waals surface area (Å²) >= 11 is 13.5. The number of thioether (sulfide) groups is 1. The molecule has 0 saturated heterocycles. The lowest BCUT2D eigenvalue weighted by Crippen LogP contribution is -2.32. The van der Waals surface area contributed by atoms with Crippen LogP contribution in [0.4, 0.5) is 0 Å². The highest BCUT2D eigenvalue weighted by molar-refractivity contribution is 8.00. The van der Waals surface area contributed by atoms with E-state index in [1.165, 1.54) is 11.8 Å². The van der Waals surface area contributed by atoms with Gasteiger partial charge in [0.15, 0.2) is 5.16 Å². The highest BCUT2D eigenvalue weighted by atomic mass is 35.5. The van der Waals surface area contributed by atoms with Gasteiger partial charge < -0.3 is 10.1 Å². The first-order valence-electron chi connectivity index (χ1n) is 9.77. The summed E-state index contributed by atoms with van der Waals surface area (Å²) in [6.45, 7) is 3.06. The van der Waals surface area contributed by atoms with Crippen LogP contribution in [0.5, 0.6) is 0 Å². The van der Waals surface area contributed by atoms with Crippen LogP contribution in [0, 0.1) is 0 Å². The Kier molecular flexibility index (Phi) is 8.37. The van der Waals surface area contributed by atoms with Gasteiger partial charge in [0.25, 0.3) is 5.56 Å². The Balaban J connectivity index is 1.82. The average molecular weight is 480 g/mol. The summed E-state index contributed by atoms with van der Waals surface area (Å²) in [4.78, 5) is 30.4. The summed E-state index contributed by atoms with van der Waals surface area (Å²) in [6.07, 6.45) is 0.651. The molecule has 1 heterocycles. The van der Waals surface area contributed by atoms with E-state index in [1.807, 2.05) is 18.2 Å². The van der Waals surface area contributed by atoms with Gasteiger partial charge in [-0.15, -0.1) is 0 Å². The normalized spacial score (nSPS) is 12.1. The third-order valence-electron chi connectivity index (χ3n) is 4.67. The second kappa shape index (κ2) is 11.0. The van der Waals surface area contributed by atoms with E-state index in [9.17, 15) is 9.59 Å². The van der Waals surface area contributed by atoms with E-state index >= 15 is 0 Å². The molecule has 164 valence electrons. The van der Waals surface area contributed by atoms with Gasteiger partial charge in [-0.2, -0.15) is 0 Å². The number of nitrogens with zero attached hydrogens (tertiary/aromatic N) is 2. The fourth-order valence-electron chi connectivity index (χ4n) is 3.01. The molecule has 0 aliphatic rings. The maximum atomic E-state index is 13.1. The van der Waals surface area contributed by atoms with E-state index in [0.29, 0.717) is 52.2 Å². The molecule has 0 fully saturated rings. The summed E-state index contributed by atoms with van der Waals surface area (Å²) < 4.78 is 6.71. The smallest absolute Gasteiger partial charge is 0.262 e. The van der Waals surface area contributed by atoms with E-state index in [2.05, 4.69) is 10.3 Å². The van der Waals surface area contributed by atoms with Crippen molar-refractivity contribution in [3.8, 4) is 0 Å². The van der Waals surface area contributed by atoms with Crippen molar-refractivity contribution in [3.63, 3.8) is 0 Å². The third-order valence-corrected chi connectivity index (χ3v) is 6.37. The molecule has 2 aromatic carbocycles. The predicted molar refractivity (Wildman–Crippen MR) is 126 cm³/mol. The number of rotatable bonds is 9. The van der Waals surface area contributed by atoms with E-state index in [4.69, 9.17) is 27.9 Å². The molecular formula is C22H23Cl2N3O3S. The molecule has 6 nitrogen and oxygen atoms in total. The quantitative estimate of drug-likeness (QED) is 0.277. The van der Waals surface area contributed by atoms with Crippen LogP contribution in [0.3, 0.4) is 0 Å². The molecule has 1 aromatic heterocycles. The molecule has 31 heavy (non-hydrogen) atoms. The lowest BCUT2D eigenvalue weighted by Gasteiger charge is -2.16. The summed E-state index contributed by atoms with van der Waals surface area (Å²) in [6, 6.07) is 12.4. The van der Waals surface area contributed by atoms with Crippen molar-refractivity contribution in [2.45, 2.75) is 36.8 Å². The first-order valence-corrected chi connectivity index (χ1v) is 11.4. The topological polar surface area (TPSA) is 73.2 Å². The lowest BCUT2D eigenvalue weighted by atomic mass is 10.2. The number of halogens is 2. The van der Waals surface area contributed by atoms with Crippen molar-refractivity contribution >= 4 is 51.8 Å². The predicted octanol–water partition coefficient (Wildman–Crippen LogP) is 4.54. The summed E-state index contributed by atoms with van der Waals surface area (Å²) in [5.41, 5.74) is 1.18. The maximum Gasteiger partial charge on any atom is 0.262 e. The van der Waals surface area contributed by atoms with Crippen LogP contribution < -0.4 is 10.9 Å². The minimum Gasteiger partial charge on any atom is -0.385 e. The van der Waals surface area contributed by atoms with Gasteiger partial charge in [0, 0.05) is 36.9 Å². The van der Waals surface area contributed by atoms with Gasteiger partial charge in [-0.05, 0) is 43.2 Å². The molecule has 0 radical (unpaired) electrons. The zero-order valence-electron chi connectivity index (χ0n) is 17.2. The number of hydrogen-bond donors (Lipinski definition) is 1. The molecule has 0 aliphatic carbocycles. The third kappa shape index (κ3) is 6.01. The number of methoxy groups -OCH3 is 1. The Hall–Kier alpha value is -2.06. The maximum absolute atomic E-state index is 13.1. The van der Waals surface area contributed by atoms with Crippen molar-refractivity contribution in [2.75, 3.05) is 13.7 Å². The molecule has 0 aliphatic heterocycles. The lowest BCUT2D eigenvalue weighted by molar-refractivity contribution is -0.120. The standard InChI is InChI=1S/C22H23Cl2N3O3S/c1-14(20(28)25-13-15-6-3-4-7-18(15)24)31-22-26-19-12-16(23)8-9-17(19)21(29)27(22)10-5-11-30-2/h3-4,6-9,12,14H,5,10-11,13H2,1-2H3,(H,25,28). The summed E-state index contributed by atoms with van der Waals surface area (Å²) in [5, 5.41) is 4.47. The number of carbonyl (C=O) groups excluding carboxylic acids is 1. The van der Waals surface area contributed by atoms with Crippen molar-refractivity contribution in [2.24, 2.45) is 0 Å². The van der Waals surface area contributed by atoms with Gasteiger partial charge in [-0.1, -0.05) is 53.2 Å². The molecule has 9 heteroatoms. The molecule has 1 unspecified atom stereocenters. The number of carbonyl (C=O) groups is 1. The van der Waals surface area contributed by atoms with Crippen LogP contribution in [-0.4, -0.2) is 34.4 Å². The van der Waals surface area contributed by atoms with Crippen molar-refractivity contribution < 1.29 is 9.53 Å². The van der Waals surface area contributed by atoms with Crippen LogP contribution in [-0.2, 0) is 22.6 Å². The molecule has 3 aromatic rings. The number of ether oxygens (including phenoxy) is 1. The monoisotopic (exact) mass is 479 g/mol. The number of benzene rings is 2. The Morgan fingerprint density at radius 3 is 2.77 bits per heavy atom. The Morgan fingerprint density at radius 1 is 1.26 bits per heavy atom. The van der Waals surface area contributed by atoms with Crippen LogP contribution in [0.25, 0.3) is 10.9 Å². The van der Waals surface area contributed by atoms with Crippen LogP contribution >= 0.6 is 35.0 Å². The Bertz CT molecular complexity index is 1140. The van der Waals surface area contributed by atoms with Gasteiger partial charge in [0.05, 0.1) is 16.2 Å². The summed E-state index contributed by atoms with van der Waals surface area (Å²) in [5.74, 6) is -0.172. The number of nitrogens with one attached hydrogen (secondary N) is 1. The molecule has 0 saturated carbocycles. The zero-order valence-corrected chi connectivity index (χ0v) is 19.6. The minimum atomic E-state index is -0.473. The van der Waals surface area contributed by atoms with Crippen molar-refractivity contribution in [1.82, 2.24) is 14.9 Å². The second-order valence-corrected chi connectivity index (χ2v) is 9.08. The van der Waals surface area contributed by atoms with Gasteiger partial charge in [-0.3, -0.25) is 14.2 Å². The minimum absolute atomic E-state index is 0.163. The largest absolute Gasteiger partial charge is 0.385 e. The SMILES string of the molecule is COCCCn1c(SC(C)C(=O)NCc2ccccc2Cl)nc2cc(Cl)ccc2c1=O. The van der Waals surface area contributed by atoms with Crippen LogP contribution in [0.15, 0.2) is 52.4 Å². The first kappa shape index (κ1) is 23.6. The van der Waals surface area contributed by atoms with Gasteiger partial charge in [-0.25, -0.2) is 4.98 Å². The fourth-order valence-corrected chi connectivity index (χ4v) is 4.34. The van der Waals surface area contributed by atoms with Crippen molar-refractivity contribution in [1.29, 1.82) is 0 Å². The number of amides is 1. The summed E-state index contributed by atoms with van der Waals surface area (Å²) in [7, 11) is 1.62. The van der Waals surface area contributed by atoms with E-state index in [-0.39, 0.29) is 11.5 Å². The van der Waals surface area contributed by atoms with Crippen molar-refractivity contribution in [3.05, 3.63) is 68.4 Å². The molecule has 1 N–H and O–H groups in total. The van der Waals surface area contributed by atoms with Crippen LogP contribution in [0.1, 0.15) is 18.9 Å². The highest BCUT2D eigenvalue weighted by Crippen LogP contribution is 2.24. The van der Waals surface area contributed by atoms with Crippen LogP contribution in [0.2, 0.25) is 10.0 Å². The van der Waals surface area contributed by atoms with Gasteiger partial charge >= 0.3 is 0 Å². The first-order chi connectivity index (χ1) is 14.9. The molecular weight excluding hydrogens is 457 g/mol. The van der Waals surface area contributed by atoms with Gasteiger partial charge in [0.1, 0.15) is 0 Å². The second-order valence-electron chi connectivity index (χ2n) is 6.93. The van der Waals surface area contributed by atoms with E-state index in [1.54, 1.807) is 42.9 Å². The fraction of sp³-hybridized carbons (Fsp3) is 0.318. The molecule has 3 rings (SSSR count). The highest BCUT2D eigenvalue weighted by Gasteiger charge is 2.19. The number of aromatic nitrogens is 2. The molecule has 1 amide bonds. The van der Waals surface area contributed by atoms with E-state index < -0.39 is 5.25 Å². The Morgan fingerprint density at radius 2 is 2.03 bits per heavy atom. The van der Waals surface area contributed by atoms with Gasteiger partial charge in [0.2, 0.25) is 5.91 Å². The average Bonchev–Trinajstić information content (AvgIpc) is 2.74. The zero-order chi connectivity index (χ0) is 22.4. The Labute approximate surface area is 194 Å².